The molecule has 150 valence electrons. The average Bonchev–Trinajstić information content (AvgIpc) is 3.44. The van der Waals surface area contributed by atoms with E-state index in [1.807, 2.05) is 0 Å². The van der Waals surface area contributed by atoms with Gasteiger partial charge in [0.2, 0.25) is 10.0 Å². The highest BCUT2D eigenvalue weighted by atomic mass is 35.5. The van der Waals surface area contributed by atoms with Crippen molar-refractivity contribution in [3.63, 3.8) is 0 Å². The summed E-state index contributed by atoms with van der Waals surface area (Å²) in [7, 11) is -2.04. The van der Waals surface area contributed by atoms with Gasteiger partial charge in [0.25, 0.3) is 5.91 Å². The summed E-state index contributed by atoms with van der Waals surface area (Å²) >= 11 is 5.95. The number of methoxy groups -OCH3 is 1. The second-order valence-corrected chi connectivity index (χ2v) is 8.65. The summed E-state index contributed by atoms with van der Waals surface area (Å²) in [6, 6.07) is 9.46. The van der Waals surface area contributed by atoms with E-state index in [4.69, 9.17) is 21.1 Å². The number of aryl methyl sites for hydroxylation is 1. The molecule has 1 amide bonds. The normalized spacial score (nSPS) is 13.8. The number of amides is 1. The van der Waals surface area contributed by atoms with Crippen LogP contribution in [0.15, 0.2) is 41.3 Å². The maximum Gasteiger partial charge on any atom is 0.262 e. The van der Waals surface area contributed by atoms with Gasteiger partial charge in [-0.15, -0.1) is 0 Å². The van der Waals surface area contributed by atoms with Crippen LogP contribution in [0.3, 0.4) is 0 Å². The van der Waals surface area contributed by atoms with Gasteiger partial charge in [-0.1, -0.05) is 11.6 Å². The van der Waals surface area contributed by atoms with E-state index in [2.05, 4.69) is 10.0 Å². The molecule has 0 spiro atoms. The standard InChI is InChI=1S/C19H21ClN2O5S/c1-12-9-15(28(24,25)22-14-4-5-14)6-8-17(12)27-11-19(23)21-16-10-13(20)3-7-18(16)26-2/h3,6-10,14,22H,4-5,11H2,1-2H3,(H,21,23). The largest absolute Gasteiger partial charge is 0.495 e. The minimum Gasteiger partial charge on any atom is -0.495 e. The van der Waals surface area contributed by atoms with E-state index < -0.39 is 15.9 Å². The number of carbonyl (C=O) groups excluding carboxylic acids is 1. The minimum atomic E-state index is -3.53. The third-order valence-electron chi connectivity index (χ3n) is 4.15. The van der Waals surface area contributed by atoms with Crippen molar-refractivity contribution >= 4 is 33.2 Å². The lowest BCUT2D eigenvalue weighted by atomic mass is 10.2. The lowest BCUT2D eigenvalue weighted by Gasteiger charge is -2.13. The molecular weight excluding hydrogens is 404 g/mol. The second-order valence-electron chi connectivity index (χ2n) is 6.50. The molecular formula is C19H21ClN2O5S. The van der Waals surface area contributed by atoms with Crippen molar-refractivity contribution in [3.8, 4) is 11.5 Å². The molecule has 28 heavy (non-hydrogen) atoms. The maximum atomic E-state index is 12.3. The van der Waals surface area contributed by atoms with Crippen molar-refractivity contribution in [2.24, 2.45) is 0 Å². The molecule has 0 atom stereocenters. The quantitative estimate of drug-likeness (QED) is 0.679. The Balaban J connectivity index is 1.63. The summed E-state index contributed by atoms with van der Waals surface area (Å²) < 4.78 is 37.9. The number of ether oxygens (including phenoxy) is 2. The van der Waals surface area contributed by atoms with Gasteiger partial charge < -0.3 is 14.8 Å². The summed E-state index contributed by atoms with van der Waals surface area (Å²) in [5.74, 6) is 0.511. The Hall–Kier alpha value is -2.29. The number of nitrogens with one attached hydrogen (secondary N) is 2. The molecule has 2 aromatic carbocycles. The summed E-state index contributed by atoms with van der Waals surface area (Å²) in [6.07, 6.45) is 1.73. The monoisotopic (exact) mass is 424 g/mol. The average molecular weight is 425 g/mol. The molecule has 0 aliphatic heterocycles. The van der Waals surface area contributed by atoms with Crippen molar-refractivity contribution in [1.82, 2.24) is 4.72 Å². The molecule has 1 aliphatic rings. The number of carbonyl (C=O) groups is 1. The molecule has 0 aromatic heterocycles. The molecule has 0 radical (unpaired) electrons. The van der Waals surface area contributed by atoms with Crippen LogP contribution in [0.2, 0.25) is 5.02 Å². The Labute approximate surface area is 169 Å². The topological polar surface area (TPSA) is 93.7 Å². The number of hydrogen-bond acceptors (Lipinski definition) is 5. The predicted octanol–water partition coefficient (Wildman–Crippen LogP) is 3.12. The lowest BCUT2D eigenvalue weighted by Crippen LogP contribution is -2.25. The third-order valence-corrected chi connectivity index (χ3v) is 5.90. The highest BCUT2D eigenvalue weighted by Crippen LogP contribution is 2.28. The van der Waals surface area contributed by atoms with E-state index >= 15 is 0 Å². The highest BCUT2D eigenvalue weighted by molar-refractivity contribution is 7.89. The lowest BCUT2D eigenvalue weighted by molar-refractivity contribution is -0.118. The van der Waals surface area contributed by atoms with E-state index in [9.17, 15) is 13.2 Å². The summed E-state index contributed by atoms with van der Waals surface area (Å²) in [5.41, 5.74) is 1.06. The van der Waals surface area contributed by atoms with Crippen LogP contribution in [0.4, 0.5) is 5.69 Å². The molecule has 7 nitrogen and oxygen atoms in total. The van der Waals surface area contributed by atoms with Gasteiger partial charge in [-0.2, -0.15) is 0 Å². The van der Waals surface area contributed by atoms with Gasteiger partial charge in [0.1, 0.15) is 11.5 Å². The third kappa shape index (κ3) is 5.15. The maximum absolute atomic E-state index is 12.3. The second kappa shape index (κ2) is 8.38. The van der Waals surface area contributed by atoms with Gasteiger partial charge >= 0.3 is 0 Å². The van der Waals surface area contributed by atoms with Crippen LogP contribution in [0.1, 0.15) is 18.4 Å². The number of benzene rings is 2. The number of sulfonamides is 1. The van der Waals surface area contributed by atoms with Gasteiger partial charge in [0.05, 0.1) is 17.7 Å². The smallest absolute Gasteiger partial charge is 0.262 e. The fourth-order valence-electron chi connectivity index (χ4n) is 2.55. The number of hydrogen-bond donors (Lipinski definition) is 2. The zero-order valence-electron chi connectivity index (χ0n) is 15.5. The molecule has 1 aliphatic carbocycles. The molecule has 1 fully saturated rings. The van der Waals surface area contributed by atoms with E-state index in [0.29, 0.717) is 27.8 Å². The summed E-state index contributed by atoms with van der Waals surface area (Å²) in [4.78, 5) is 12.4. The van der Waals surface area contributed by atoms with Crippen LogP contribution >= 0.6 is 11.6 Å². The Morgan fingerprint density at radius 3 is 2.54 bits per heavy atom. The first-order valence-electron chi connectivity index (χ1n) is 8.67. The van der Waals surface area contributed by atoms with E-state index in [1.54, 1.807) is 31.2 Å². The molecule has 0 unspecified atom stereocenters. The van der Waals surface area contributed by atoms with E-state index in [1.165, 1.54) is 19.2 Å². The molecule has 0 saturated heterocycles. The Kier molecular flexibility index (Phi) is 6.12. The van der Waals surface area contributed by atoms with Crippen LogP contribution in [0, 0.1) is 6.92 Å². The number of halogens is 1. The van der Waals surface area contributed by atoms with Gasteiger partial charge in [0, 0.05) is 11.1 Å². The summed E-state index contributed by atoms with van der Waals surface area (Å²) in [6.45, 7) is 1.48. The number of rotatable bonds is 8. The minimum absolute atomic E-state index is 0.0356. The van der Waals surface area contributed by atoms with Crippen molar-refractivity contribution in [3.05, 3.63) is 47.0 Å². The van der Waals surface area contributed by atoms with Crippen LogP contribution in [-0.4, -0.2) is 34.1 Å². The highest BCUT2D eigenvalue weighted by Gasteiger charge is 2.28. The predicted molar refractivity (Wildman–Crippen MR) is 107 cm³/mol. The molecule has 2 N–H and O–H groups in total. The van der Waals surface area contributed by atoms with Crippen LogP contribution in [-0.2, 0) is 14.8 Å². The molecule has 0 bridgehead atoms. The van der Waals surface area contributed by atoms with Gasteiger partial charge in [-0.05, 0) is 61.7 Å². The van der Waals surface area contributed by atoms with Crippen molar-refractivity contribution in [1.29, 1.82) is 0 Å². The zero-order valence-corrected chi connectivity index (χ0v) is 17.1. The molecule has 2 aromatic rings. The molecule has 0 heterocycles. The SMILES string of the molecule is COc1ccc(Cl)cc1NC(=O)COc1ccc(S(=O)(=O)NC2CC2)cc1C. The van der Waals surface area contributed by atoms with Crippen molar-refractivity contribution in [2.45, 2.75) is 30.7 Å². The number of anilines is 1. The van der Waals surface area contributed by atoms with Crippen molar-refractivity contribution < 1.29 is 22.7 Å². The van der Waals surface area contributed by atoms with Gasteiger partial charge in [0.15, 0.2) is 6.61 Å². The summed E-state index contributed by atoms with van der Waals surface area (Å²) in [5, 5.41) is 3.14. The fourth-order valence-corrected chi connectivity index (χ4v) is 4.11. The van der Waals surface area contributed by atoms with Crippen LogP contribution in [0.5, 0.6) is 11.5 Å². The molecule has 9 heteroatoms. The fraction of sp³-hybridized carbons (Fsp3) is 0.316. The van der Waals surface area contributed by atoms with Crippen LogP contribution in [0.25, 0.3) is 0 Å². The first-order chi connectivity index (χ1) is 13.3. The molecule has 1 saturated carbocycles. The van der Waals surface area contributed by atoms with E-state index in [-0.39, 0.29) is 17.5 Å². The zero-order chi connectivity index (χ0) is 20.3. The first-order valence-corrected chi connectivity index (χ1v) is 10.5. The van der Waals surface area contributed by atoms with E-state index in [0.717, 1.165) is 12.8 Å². The Bertz CT molecular complexity index is 990. The Morgan fingerprint density at radius 2 is 1.89 bits per heavy atom. The van der Waals surface area contributed by atoms with Gasteiger partial charge in [-0.3, -0.25) is 4.79 Å². The van der Waals surface area contributed by atoms with Crippen LogP contribution < -0.4 is 19.5 Å². The van der Waals surface area contributed by atoms with Gasteiger partial charge in [-0.25, -0.2) is 13.1 Å². The first kappa shape index (κ1) is 20.4. The Morgan fingerprint density at radius 1 is 1.18 bits per heavy atom. The van der Waals surface area contributed by atoms with Crippen molar-refractivity contribution in [2.75, 3.05) is 19.0 Å². The molecule has 3 rings (SSSR count).